The predicted molar refractivity (Wildman–Crippen MR) is 76.1 cm³/mol. The molecule has 2 rings (SSSR count). The summed E-state index contributed by atoms with van der Waals surface area (Å²) in [6.45, 7) is 3.79. The minimum absolute atomic E-state index is 0.185. The molecular weight excluding hydrogens is 243 g/mol. The van der Waals surface area contributed by atoms with Crippen LogP contribution in [-0.4, -0.2) is 39.4 Å². The van der Waals surface area contributed by atoms with Gasteiger partial charge in [0.2, 0.25) is 0 Å². The summed E-state index contributed by atoms with van der Waals surface area (Å²) in [5, 5.41) is 3.33. The molecule has 0 amide bonds. The minimum atomic E-state index is -0.185. The summed E-state index contributed by atoms with van der Waals surface area (Å²) in [6, 6.07) is 6.70. The lowest BCUT2D eigenvalue weighted by atomic mass is 10.1. The maximum Gasteiger partial charge on any atom is 0.125 e. The largest absolute Gasteiger partial charge is 0.378 e. The maximum absolute atomic E-state index is 13.1. The number of nitrogens with one attached hydrogen (secondary N) is 1. The zero-order chi connectivity index (χ0) is 13.5. The van der Waals surface area contributed by atoms with E-state index in [0.29, 0.717) is 6.10 Å². The number of nitrogens with zero attached hydrogens (tertiary/aromatic N) is 1. The van der Waals surface area contributed by atoms with E-state index in [9.17, 15) is 4.39 Å². The van der Waals surface area contributed by atoms with Crippen molar-refractivity contribution in [3.63, 3.8) is 0 Å². The van der Waals surface area contributed by atoms with E-state index < -0.39 is 0 Å². The molecule has 1 aromatic carbocycles. The first-order valence-corrected chi connectivity index (χ1v) is 7.05. The van der Waals surface area contributed by atoms with Crippen molar-refractivity contribution >= 4 is 5.69 Å². The minimum Gasteiger partial charge on any atom is -0.378 e. The molecule has 1 aromatic rings. The molecule has 0 atom stereocenters. The third-order valence-electron chi connectivity index (χ3n) is 3.53. The Morgan fingerprint density at radius 3 is 2.89 bits per heavy atom. The molecule has 1 aliphatic rings. The van der Waals surface area contributed by atoms with Crippen LogP contribution in [0.2, 0.25) is 0 Å². The number of hydrogen-bond acceptors (Lipinski definition) is 3. The van der Waals surface area contributed by atoms with Crippen LogP contribution in [-0.2, 0) is 4.74 Å². The molecule has 1 heterocycles. The lowest BCUT2D eigenvalue weighted by molar-refractivity contribution is 0.0324. The molecule has 0 unspecified atom stereocenters. The molecular formula is C15H23FN2O. The van der Waals surface area contributed by atoms with E-state index in [1.807, 2.05) is 13.1 Å². The highest BCUT2D eigenvalue weighted by molar-refractivity contribution is 5.45. The van der Waals surface area contributed by atoms with E-state index in [4.69, 9.17) is 4.74 Å². The molecule has 106 valence electrons. The Hall–Kier alpha value is -1.13. The second kappa shape index (κ2) is 7.46. The van der Waals surface area contributed by atoms with Crippen molar-refractivity contribution in [3.8, 4) is 0 Å². The lowest BCUT2D eigenvalue weighted by Gasteiger charge is -2.24. The van der Waals surface area contributed by atoms with E-state index in [-0.39, 0.29) is 5.82 Å². The van der Waals surface area contributed by atoms with E-state index in [1.54, 1.807) is 12.1 Å². The Balaban J connectivity index is 1.64. The number of hydrogen-bond donors (Lipinski definition) is 1. The number of benzene rings is 1. The summed E-state index contributed by atoms with van der Waals surface area (Å²) in [6.07, 6.45) is 3.61. The number of anilines is 1. The van der Waals surface area contributed by atoms with Crippen molar-refractivity contribution < 1.29 is 9.13 Å². The molecule has 19 heavy (non-hydrogen) atoms. The smallest absolute Gasteiger partial charge is 0.125 e. The van der Waals surface area contributed by atoms with Crippen LogP contribution < -0.4 is 10.2 Å². The fraction of sp³-hybridized carbons (Fsp3) is 0.600. The summed E-state index contributed by atoms with van der Waals surface area (Å²) < 4.78 is 19.0. The van der Waals surface area contributed by atoms with Crippen molar-refractivity contribution in [2.45, 2.75) is 25.4 Å². The molecule has 0 saturated carbocycles. The van der Waals surface area contributed by atoms with E-state index >= 15 is 0 Å². The Kier molecular flexibility index (Phi) is 5.61. The molecule has 0 aromatic heterocycles. The first-order chi connectivity index (χ1) is 9.25. The Morgan fingerprint density at radius 2 is 2.16 bits per heavy atom. The van der Waals surface area contributed by atoms with Crippen molar-refractivity contribution in [1.29, 1.82) is 0 Å². The zero-order valence-corrected chi connectivity index (χ0v) is 11.6. The number of piperidine rings is 1. The van der Waals surface area contributed by atoms with Gasteiger partial charge in [-0.1, -0.05) is 6.07 Å². The second-order valence-corrected chi connectivity index (χ2v) is 5.08. The fourth-order valence-electron chi connectivity index (χ4n) is 2.36. The van der Waals surface area contributed by atoms with E-state index in [1.165, 1.54) is 6.07 Å². The summed E-state index contributed by atoms with van der Waals surface area (Å²) in [4.78, 5) is 2.06. The van der Waals surface area contributed by atoms with Gasteiger partial charge in [-0.25, -0.2) is 4.39 Å². The number of rotatable bonds is 6. The Morgan fingerprint density at radius 1 is 1.37 bits per heavy atom. The molecule has 0 bridgehead atoms. The van der Waals surface area contributed by atoms with Crippen LogP contribution in [0.25, 0.3) is 0 Å². The van der Waals surface area contributed by atoms with E-state index in [0.717, 1.165) is 51.2 Å². The van der Waals surface area contributed by atoms with Gasteiger partial charge in [0.05, 0.1) is 6.10 Å². The monoisotopic (exact) mass is 266 g/mol. The van der Waals surface area contributed by atoms with Gasteiger partial charge in [-0.05, 0) is 50.6 Å². The molecule has 4 heteroatoms. The van der Waals surface area contributed by atoms with Crippen LogP contribution in [0.5, 0.6) is 0 Å². The molecule has 1 N–H and O–H groups in total. The van der Waals surface area contributed by atoms with Crippen LogP contribution in [0.3, 0.4) is 0 Å². The van der Waals surface area contributed by atoms with Crippen molar-refractivity contribution in [2.75, 3.05) is 38.2 Å². The fourth-order valence-corrected chi connectivity index (χ4v) is 2.36. The second-order valence-electron chi connectivity index (χ2n) is 5.08. The summed E-state index contributed by atoms with van der Waals surface area (Å²) in [7, 11) is 1.99. The summed E-state index contributed by atoms with van der Waals surface area (Å²) in [5.41, 5.74) is 0.918. The molecule has 0 spiro atoms. The molecule has 0 radical (unpaired) electrons. The third kappa shape index (κ3) is 4.80. The van der Waals surface area contributed by atoms with Gasteiger partial charge in [0.15, 0.2) is 0 Å². The van der Waals surface area contributed by atoms with Crippen LogP contribution >= 0.6 is 0 Å². The normalized spacial score (nSPS) is 16.5. The molecule has 0 aliphatic carbocycles. The predicted octanol–water partition coefficient (Wildman–Crippen LogP) is 2.42. The van der Waals surface area contributed by atoms with Crippen molar-refractivity contribution in [2.24, 2.45) is 0 Å². The Labute approximate surface area is 114 Å². The highest BCUT2D eigenvalue weighted by Crippen LogP contribution is 2.14. The average molecular weight is 266 g/mol. The highest BCUT2D eigenvalue weighted by Gasteiger charge is 2.12. The number of halogens is 1. The van der Waals surface area contributed by atoms with Crippen LogP contribution in [0, 0.1) is 5.82 Å². The maximum atomic E-state index is 13.1. The van der Waals surface area contributed by atoms with Gasteiger partial charge >= 0.3 is 0 Å². The highest BCUT2D eigenvalue weighted by atomic mass is 19.1. The van der Waals surface area contributed by atoms with Gasteiger partial charge in [-0.15, -0.1) is 0 Å². The molecule has 1 saturated heterocycles. The van der Waals surface area contributed by atoms with Crippen molar-refractivity contribution in [1.82, 2.24) is 5.32 Å². The van der Waals surface area contributed by atoms with Gasteiger partial charge < -0.3 is 15.0 Å². The summed E-state index contributed by atoms with van der Waals surface area (Å²) in [5.74, 6) is -0.185. The molecule has 1 aliphatic heterocycles. The molecule has 1 fully saturated rings. The first-order valence-electron chi connectivity index (χ1n) is 7.05. The van der Waals surface area contributed by atoms with E-state index in [2.05, 4.69) is 10.2 Å². The van der Waals surface area contributed by atoms with Gasteiger partial charge in [-0.2, -0.15) is 0 Å². The van der Waals surface area contributed by atoms with Gasteiger partial charge in [0.25, 0.3) is 0 Å². The quantitative estimate of drug-likeness (QED) is 0.800. The Bertz CT molecular complexity index is 380. The van der Waals surface area contributed by atoms with Crippen LogP contribution in [0.4, 0.5) is 10.1 Å². The zero-order valence-electron chi connectivity index (χ0n) is 11.6. The van der Waals surface area contributed by atoms with Crippen molar-refractivity contribution in [3.05, 3.63) is 30.1 Å². The SMILES string of the molecule is CN(CCCOC1CCNCC1)c1cccc(F)c1. The van der Waals surface area contributed by atoms with Gasteiger partial charge in [-0.3, -0.25) is 0 Å². The first kappa shape index (κ1) is 14.3. The average Bonchev–Trinajstić information content (AvgIpc) is 2.44. The summed E-state index contributed by atoms with van der Waals surface area (Å²) >= 11 is 0. The third-order valence-corrected chi connectivity index (χ3v) is 3.53. The van der Waals surface area contributed by atoms with Gasteiger partial charge in [0, 0.05) is 25.9 Å². The van der Waals surface area contributed by atoms with Crippen LogP contribution in [0.15, 0.2) is 24.3 Å². The molecule has 3 nitrogen and oxygen atoms in total. The topological polar surface area (TPSA) is 24.5 Å². The number of ether oxygens (including phenoxy) is 1. The van der Waals surface area contributed by atoms with Crippen LogP contribution in [0.1, 0.15) is 19.3 Å². The standard InChI is InChI=1S/C15H23FN2O/c1-18(14-5-2-4-13(16)12-14)10-3-11-19-15-6-8-17-9-7-15/h2,4-5,12,15,17H,3,6-11H2,1H3. The van der Waals surface area contributed by atoms with Gasteiger partial charge in [0.1, 0.15) is 5.82 Å². The lowest BCUT2D eigenvalue weighted by Crippen LogP contribution is -2.33.